The number of fused-ring (bicyclic) bond motifs is 1. The summed E-state index contributed by atoms with van der Waals surface area (Å²) in [5.41, 5.74) is -0.341. The van der Waals surface area contributed by atoms with E-state index in [1.54, 1.807) is 12.1 Å². The van der Waals surface area contributed by atoms with Gasteiger partial charge in [-0.3, -0.25) is 0 Å². The second kappa shape index (κ2) is 4.07. The lowest BCUT2D eigenvalue weighted by atomic mass is 9.81. The van der Waals surface area contributed by atoms with E-state index in [1.165, 1.54) is 12.1 Å². The molecule has 0 radical (unpaired) electrons. The van der Waals surface area contributed by atoms with Crippen molar-refractivity contribution in [1.82, 2.24) is 5.32 Å². The molecular formula is C14H16FNO2. The van der Waals surface area contributed by atoms with E-state index >= 15 is 0 Å². The molecule has 2 aromatic rings. The van der Waals surface area contributed by atoms with Gasteiger partial charge in [0.25, 0.3) is 0 Å². The Labute approximate surface area is 105 Å². The molecule has 2 heterocycles. The first-order chi connectivity index (χ1) is 8.59. The zero-order valence-electron chi connectivity index (χ0n) is 10.2. The van der Waals surface area contributed by atoms with Crippen molar-refractivity contribution in [2.45, 2.75) is 18.9 Å². The molecule has 2 unspecified atom stereocenters. The van der Waals surface area contributed by atoms with Gasteiger partial charge in [0, 0.05) is 17.8 Å². The minimum absolute atomic E-state index is 0.0664. The summed E-state index contributed by atoms with van der Waals surface area (Å²) in [5.74, 6) is 0.314. The van der Waals surface area contributed by atoms with Gasteiger partial charge in [0.2, 0.25) is 0 Å². The Bertz CT molecular complexity index is 580. The van der Waals surface area contributed by atoms with E-state index in [2.05, 4.69) is 5.32 Å². The maximum atomic E-state index is 13.1. The summed E-state index contributed by atoms with van der Waals surface area (Å²) in [6, 6.07) is 6.15. The smallest absolute Gasteiger partial charge is 0.137 e. The molecule has 0 aliphatic carbocycles. The fraction of sp³-hybridized carbons (Fsp3) is 0.429. The van der Waals surface area contributed by atoms with Crippen LogP contribution in [-0.2, 0) is 5.60 Å². The van der Waals surface area contributed by atoms with Gasteiger partial charge in [-0.2, -0.15) is 0 Å². The molecule has 96 valence electrons. The lowest BCUT2D eigenvalue weighted by Gasteiger charge is -2.36. The number of rotatable bonds is 1. The molecule has 2 atom stereocenters. The van der Waals surface area contributed by atoms with Crippen LogP contribution >= 0.6 is 0 Å². The van der Waals surface area contributed by atoms with Gasteiger partial charge in [0.05, 0.1) is 0 Å². The number of hydrogen-bond donors (Lipinski definition) is 2. The van der Waals surface area contributed by atoms with Gasteiger partial charge in [-0.25, -0.2) is 4.39 Å². The van der Waals surface area contributed by atoms with E-state index in [0.29, 0.717) is 23.2 Å². The summed E-state index contributed by atoms with van der Waals surface area (Å²) >= 11 is 0. The van der Waals surface area contributed by atoms with E-state index in [-0.39, 0.29) is 11.7 Å². The fourth-order valence-corrected chi connectivity index (χ4v) is 2.61. The number of aliphatic hydroxyl groups is 1. The minimum atomic E-state index is -0.958. The summed E-state index contributed by atoms with van der Waals surface area (Å²) in [6.45, 7) is 3.49. The van der Waals surface area contributed by atoms with Gasteiger partial charge >= 0.3 is 0 Å². The molecule has 0 amide bonds. The largest absolute Gasteiger partial charge is 0.458 e. The van der Waals surface area contributed by atoms with Crippen molar-refractivity contribution in [3.8, 4) is 0 Å². The number of furan rings is 1. The first-order valence-corrected chi connectivity index (χ1v) is 6.22. The lowest BCUT2D eigenvalue weighted by Crippen LogP contribution is -2.46. The Balaban J connectivity index is 2.07. The summed E-state index contributed by atoms with van der Waals surface area (Å²) in [6.07, 6.45) is 0.608. The molecule has 0 saturated carbocycles. The molecule has 3 nitrogen and oxygen atoms in total. The lowest BCUT2D eigenvalue weighted by molar-refractivity contribution is -0.0553. The molecule has 18 heavy (non-hydrogen) atoms. The average Bonchev–Trinajstić information content (AvgIpc) is 2.76. The molecule has 1 aromatic heterocycles. The van der Waals surface area contributed by atoms with Gasteiger partial charge in [0.1, 0.15) is 22.8 Å². The maximum Gasteiger partial charge on any atom is 0.137 e. The maximum absolute atomic E-state index is 13.1. The van der Waals surface area contributed by atoms with Gasteiger partial charge in [0.15, 0.2) is 0 Å². The monoisotopic (exact) mass is 249 g/mol. The number of hydrogen-bond acceptors (Lipinski definition) is 3. The van der Waals surface area contributed by atoms with Crippen LogP contribution in [0.25, 0.3) is 11.0 Å². The van der Waals surface area contributed by atoms with Crippen molar-refractivity contribution in [1.29, 1.82) is 0 Å². The minimum Gasteiger partial charge on any atom is -0.458 e. The Morgan fingerprint density at radius 3 is 3.06 bits per heavy atom. The number of halogens is 1. The molecule has 0 spiro atoms. The van der Waals surface area contributed by atoms with Gasteiger partial charge in [-0.05, 0) is 37.2 Å². The van der Waals surface area contributed by atoms with Crippen LogP contribution in [0, 0.1) is 11.7 Å². The topological polar surface area (TPSA) is 45.4 Å². The van der Waals surface area contributed by atoms with Crippen LogP contribution in [0.2, 0.25) is 0 Å². The van der Waals surface area contributed by atoms with Crippen LogP contribution in [0.1, 0.15) is 19.1 Å². The molecular weight excluding hydrogens is 233 g/mol. The highest BCUT2D eigenvalue weighted by Crippen LogP contribution is 2.37. The predicted octanol–water partition coefficient (Wildman–Crippen LogP) is 2.39. The zero-order chi connectivity index (χ0) is 12.8. The highest BCUT2D eigenvalue weighted by Gasteiger charge is 2.40. The third-order valence-corrected chi connectivity index (χ3v) is 3.85. The van der Waals surface area contributed by atoms with E-state index in [4.69, 9.17) is 4.42 Å². The molecule has 4 heteroatoms. The van der Waals surface area contributed by atoms with Crippen molar-refractivity contribution in [3.63, 3.8) is 0 Å². The van der Waals surface area contributed by atoms with E-state index < -0.39 is 5.60 Å². The van der Waals surface area contributed by atoms with Crippen molar-refractivity contribution in [3.05, 3.63) is 35.8 Å². The number of piperidine rings is 1. The standard InChI is InChI=1S/C14H16FNO2/c1-9-8-16-5-4-14(9,17)13-7-10-6-11(15)2-3-12(10)18-13/h2-3,6-7,9,16-17H,4-5,8H2,1H3. The van der Waals surface area contributed by atoms with Crippen LogP contribution in [0.4, 0.5) is 4.39 Å². The molecule has 1 saturated heterocycles. The number of nitrogens with one attached hydrogen (secondary N) is 1. The van der Waals surface area contributed by atoms with Crippen LogP contribution < -0.4 is 5.32 Å². The highest BCUT2D eigenvalue weighted by atomic mass is 19.1. The van der Waals surface area contributed by atoms with Crippen LogP contribution in [0.15, 0.2) is 28.7 Å². The number of benzene rings is 1. The summed E-state index contributed by atoms with van der Waals surface area (Å²) < 4.78 is 18.8. The van der Waals surface area contributed by atoms with Crippen LogP contribution in [-0.4, -0.2) is 18.2 Å². The van der Waals surface area contributed by atoms with Gasteiger partial charge < -0.3 is 14.8 Å². The van der Waals surface area contributed by atoms with Crippen molar-refractivity contribution < 1.29 is 13.9 Å². The summed E-state index contributed by atoms with van der Waals surface area (Å²) in [4.78, 5) is 0. The van der Waals surface area contributed by atoms with Crippen molar-refractivity contribution >= 4 is 11.0 Å². The van der Waals surface area contributed by atoms with E-state index in [9.17, 15) is 9.50 Å². The molecule has 1 aliphatic rings. The van der Waals surface area contributed by atoms with Gasteiger partial charge in [-0.1, -0.05) is 6.92 Å². The Morgan fingerprint density at radius 2 is 2.28 bits per heavy atom. The van der Waals surface area contributed by atoms with E-state index in [1.807, 2.05) is 6.92 Å². The Hall–Kier alpha value is -1.39. The molecule has 1 aliphatic heterocycles. The molecule has 3 rings (SSSR count). The molecule has 2 N–H and O–H groups in total. The molecule has 1 aromatic carbocycles. The predicted molar refractivity (Wildman–Crippen MR) is 66.7 cm³/mol. The van der Waals surface area contributed by atoms with Gasteiger partial charge in [-0.15, -0.1) is 0 Å². The first-order valence-electron chi connectivity index (χ1n) is 6.22. The Kier molecular flexibility index (Phi) is 2.64. The molecule has 1 fully saturated rings. The SMILES string of the molecule is CC1CNCCC1(O)c1cc2cc(F)ccc2o1. The van der Waals surface area contributed by atoms with Crippen LogP contribution in [0.5, 0.6) is 0 Å². The summed E-state index contributed by atoms with van der Waals surface area (Å²) in [5, 5.41) is 14.7. The average molecular weight is 249 g/mol. The van der Waals surface area contributed by atoms with Crippen molar-refractivity contribution in [2.24, 2.45) is 5.92 Å². The normalized spacial score (nSPS) is 28.7. The molecule has 0 bridgehead atoms. The zero-order valence-corrected chi connectivity index (χ0v) is 10.2. The summed E-state index contributed by atoms with van der Waals surface area (Å²) in [7, 11) is 0. The second-order valence-electron chi connectivity index (χ2n) is 5.07. The fourth-order valence-electron chi connectivity index (χ4n) is 2.61. The Morgan fingerprint density at radius 1 is 1.44 bits per heavy atom. The highest BCUT2D eigenvalue weighted by molar-refractivity contribution is 5.78. The first kappa shape index (κ1) is 11.7. The van der Waals surface area contributed by atoms with Crippen molar-refractivity contribution in [2.75, 3.05) is 13.1 Å². The third kappa shape index (κ3) is 1.72. The third-order valence-electron chi connectivity index (χ3n) is 3.85. The van der Waals surface area contributed by atoms with Crippen LogP contribution in [0.3, 0.4) is 0 Å². The quantitative estimate of drug-likeness (QED) is 0.815. The van der Waals surface area contributed by atoms with E-state index in [0.717, 1.165) is 13.1 Å². The second-order valence-corrected chi connectivity index (χ2v) is 5.07.